The van der Waals surface area contributed by atoms with Gasteiger partial charge in [0, 0.05) is 0 Å². The van der Waals surface area contributed by atoms with Gasteiger partial charge in [-0.3, -0.25) is 4.79 Å². The quantitative estimate of drug-likeness (QED) is 0.303. The van der Waals surface area contributed by atoms with Gasteiger partial charge >= 0.3 is 6.21 Å². The highest BCUT2D eigenvalue weighted by atomic mass is 16.1. The van der Waals surface area contributed by atoms with Gasteiger partial charge in [0.1, 0.15) is 0 Å². The van der Waals surface area contributed by atoms with E-state index < -0.39 is 5.41 Å². The molecule has 0 amide bonds. The Hall–Kier alpha value is -1.21. The second kappa shape index (κ2) is 4.54. The van der Waals surface area contributed by atoms with Crippen LogP contribution in [0.15, 0.2) is 11.1 Å². The Labute approximate surface area is 90.8 Å². The maximum absolute atomic E-state index is 11.8. The van der Waals surface area contributed by atoms with Crippen molar-refractivity contribution >= 4 is 12.0 Å². The molecule has 0 aromatic carbocycles. The predicted molar refractivity (Wildman–Crippen MR) is 59.6 cm³/mol. The van der Waals surface area contributed by atoms with Crippen LogP contribution in [0.2, 0.25) is 0 Å². The van der Waals surface area contributed by atoms with E-state index in [1.807, 2.05) is 13.8 Å². The van der Waals surface area contributed by atoms with Crippen LogP contribution in [0.5, 0.6) is 0 Å². The zero-order valence-corrected chi connectivity index (χ0v) is 9.71. The number of carbonyl (C=O) groups excluding carboxylic acids is 1. The SMILES string of the molecule is CC1=C(C(C)(C)C(=O)C=[N+]=[N-])CCCC1. The Bertz CT molecular complexity index is 347. The number of ketones is 1. The van der Waals surface area contributed by atoms with Crippen LogP contribution in [0.25, 0.3) is 5.53 Å². The van der Waals surface area contributed by atoms with Crippen LogP contribution in [-0.4, -0.2) is 16.8 Å². The lowest BCUT2D eigenvalue weighted by molar-refractivity contribution is -0.122. The van der Waals surface area contributed by atoms with Crippen molar-refractivity contribution in [2.24, 2.45) is 5.41 Å². The maximum atomic E-state index is 11.8. The Morgan fingerprint density at radius 2 is 2.00 bits per heavy atom. The molecule has 0 aromatic heterocycles. The molecule has 15 heavy (non-hydrogen) atoms. The summed E-state index contributed by atoms with van der Waals surface area (Å²) in [6.45, 7) is 5.90. The van der Waals surface area contributed by atoms with E-state index in [4.69, 9.17) is 5.53 Å². The summed E-state index contributed by atoms with van der Waals surface area (Å²) < 4.78 is 0. The Kier molecular flexibility index (Phi) is 3.59. The number of nitrogens with zero attached hydrogens (tertiary/aromatic N) is 2. The first-order valence-electron chi connectivity index (χ1n) is 5.41. The summed E-state index contributed by atoms with van der Waals surface area (Å²) in [5, 5.41) is 0. The lowest BCUT2D eigenvalue weighted by atomic mass is 9.73. The molecule has 1 aliphatic carbocycles. The zero-order valence-electron chi connectivity index (χ0n) is 9.71. The lowest BCUT2D eigenvalue weighted by Crippen LogP contribution is -2.29. The molecule has 3 nitrogen and oxygen atoms in total. The average molecular weight is 206 g/mol. The van der Waals surface area contributed by atoms with Crippen LogP contribution in [-0.2, 0) is 4.79 Å². The van der Waals surface area contributed by atoms with Crippen molar-refractivity contribution in [2.75, 3.05) is 0 Å². The molecule has 3 heteroatoms. The van der Waals surface area contributed by atoms with Crippen LogP contribution < -0.4 is 0 Å². The summed E-state index contributed by atoms with van der Waals surface area (Å²) in [5.74, 6) is -0.124. The fourth-order valence-electron chi connectivity index (χ4n) is 2.26. The first-order chi connectivity index (χ1) is 7.00. The van der Waals surface area contributed by atoms with Crippen molar-refractivity contribution in [1.29, 1.82) is 0 Å². The van der Waals surface area contributed by atoms with Gasteiger partial charge in [-0.25, -0.2) is 0 Å². The molecule has 0 aliphatic heterocycles. The second-order valence-corrected chi connectivity index (χ2v) is 4.70. The molecule has 82 valence electrons. The van der Waals surface area contributed by atoms with Crippen LogP contribution in [0.3, 0.4) is 0 Å². The fraction of sp³-hybridized carbons (Fsp3) is 0.667. The van der Waals surface area contributed by atoms with Crippen molar-refractivity contribution < 1.29 is 9.58 Å². The van der Waals surface area contributed by atoms with Crippen LogP contribution in [0.1, 0.15) is 46.5 Å². The molecule has 0 unspecified atom stereocenters. The number of hydrogen-bond donors (Lipinski definition) is 0. The number of hydrogen-bond acceptors (Lipinski definition) is 1. The minimum atomic E-state index is -0.517. The van der Waals surface area contributed by atoms with Gasteiger partial charge in [-0.15, -0.1) is 0 Å². The fourth-order valence-corrected chi connectivity index (χ4v) is 2.26. The summed E-state index contributed by atoms with van der Waals surface area (Å²) in [6, 6.07) is 0. The highest BCUT2D eigenvalue weighted by Crippen LogP contribution is 2.37. The van der Waals surface area contributed by atoms with Crippen molar-refractivity contribution in [3.8, 4) is 0 Å². The van der Waals surface area contributed by atoms with Gasteiger partial charge in [0.25, 0.3) is 0 Å². The van der Waals surface area contributed by atoms with E-state index in [0.717, 1.165) is 25.5 Å². The maximum Gasteiger partial charge on any atom is 0.324 e. The highest BCUT2D eigenvalue weighted by Gasteiger charge is 2.34. The predicted octanol–water partition coefficient (Wildman–Crippen LogP) is 2.77. The van der Waals surface area contributed by atoms with E-state index in [1.165, 1.54) is 17.6 Å². The smallest absolute Gasteiger partial charge is 0.324 e. The normalized spacial score (nSPS) is 17.3. The number of rotatable bonds is 3. The largest absolute Gasteiger partial charge is 0.361 e. The first-order valence-corrected chi connectivity index (χ1v) is 5.41. The van der Waals surface area contributed by atoms with Gasteiger partial charge in [0.05, 0.1) is 5.41 Å². The zero-order chi connectivity index (χ0) is 11.5. The van der Waals surface area contributed by atoms with Gasteiger partial charge in [-0.2, -0.15) is 4.79 Å². The summed E-state index contributed by atoms with van der Waals surface area (Å²) in [6.07, 6.45) is 5.45. The minimum Gasteiger partial charge on any atom is -0.361 e. The van der Waals surface area contributed by atoms with Gasteiger partial charge in [-0.1, -0.05) is 11.1 Å². The van der Waals surface area contributed by atoms with Crippen molar-refractivity contribution in [3.05, 3.63) is 16.7 Å². The molecule has 0 bridgehead atoms. The van der Waals surface area contributed by atoms with Crippen molar-refractivity contribution in [3.63, 3.8) is 0 Å². The lowest BCUT2D eigenvalue weighted by Gasteiger charge is -2.29. The summed E-state index contributed by atoms with van der Waals surface area (Å²) in [7, 11) is 0. The average Bonchev–Trinajstić information content (AvgIpc) is 2.18. The third kappa shape index (κ3) is 2.42. The third-order valence-corrected chi connectivity index (χ3v) is 3.29. The van der Waals surface area contributed by atoms with Gasteiger partial charge in [0.15, 0.2) is 0 Å². The van der Waals surface area contributed by atoms with Gasteiger partial charge < -0.3 is 5.53 Å². The monoisotopic (exact) mass is 206 g/mol. The molecule has 0 saturated carbocycles. The highest BCUT2D eigenvalue weighted by molar-refractivity contribution is 6.28. The van der Waals surface area contributed by atoms with Crippen molar-refractivity contribution in [1.82, 2.24) is 0 Å². The Morgan fingerprint density at radius 3 is 2.53 bits per heavy atom. The molecule has 0 atom stereocenters. The summed E-state index contributed by atoms with van der Waals surface area (Å²) >= 11 is 0. The van der Waals surface area contributed by atoms with Crippen LogP contribution >= 0.6 is 0 Å². The summed E-state index contributed by atoms with van der Waals surface area (Å²) in [4.78, 5) is 14.6. The third-order valence-electron chi connectivity index (χ3n) is 3.29. The number of Topliss-reactive ketones (excluding diaryl/α,β-unsaturated/α-hetero) is 1. The molecular weight excluding hydrogens is 188 g/mol. The van der Waals surface area contributed by atoms with E-state index in [0.29, 0.717) is 0 Å². The van der Waals surface area contributed by atoms with E-state index >= 15 is 0 Å². The van der Waals surface area contributed by atoms with E-state index in [-0.39, 0.29) is 5.78 Å². The molecule has 1 aliphatic rings. The Balaban J connectivity index is 3.03. The minimum absolute atomic E-state index is 0.124. The first kappa shape index (κ1) is 11.9. The molecule has 0 radical (unpaired) electrons. The van der Waals surface area contributed by atoms with Gasteiger partial charge in [0.2, 0.25) is 5.78 Å². The molecular formula is C12H18N2O. The molecule has 0 saturated heterocycles. The second-order valence-electron chi connectivity index (χ2n) is 4.70. The molecule has 0 N–H and O–H groups in total. The van der Waals surface area contributed by atoms with E-state index in [9.17, 15) is 4.79 Å². The van der Waals surface area contributed by atoms with Crippen molar-refractivity contribution in [2.45, 2.75) is 46.5 Å². The van der Waals surface area contributed by atoms with Crippen LogP contribution in [0.4, 0.5) is 0 Å². The van der Waals surface area contributed by atoms with Gasteiger partial charge in [-0.05, 0) is 46.5 Å². The van der Waals surface area contributed by atoms with E-state index in [2.05, 4.69) is 11.7 Å². The molecule has 0 heterocycles. The number of carbonyl (C=O) groups is 1. The van der Waals surface area contributed by atoms with Crippen LogP contribution in [0, 0.1) is 5.41 Å². The molecule has 0 fully saturated rings. The summed E-state index contributed by atoms with van der Waals surface area (Å²) in [5.41, 5.74) is 10.4. The van der Waals surface area contributed by atoms with E-state index in [1.54, 1.807) is 0 Å². The molecule has 1 rings (SSSR count). The standard InChI is InChI=1S/C12H18N2O/c1-9-6-4-5-7-10(9)12(2,3)11(15)8-14-13/h8H,4-7H2,1-3H3. The topological polar surface area (TPSA) is 53.5 Å². The number of allylic oxidation sites excluding steroid dienone is 2. The molecule has 0 spiro atoms. The Morgan fingerprint density at radius 1 is 1.40 bits per heavy atom. The molecule has 0 aromatic rings.